The summed E-state index contributed by atoms with van der Waals surface area (Å²) >= 11 is 1.26. The van der Waals surface area contributed by atoms with Crippen LogP contribution in [-0.4, -0.2) is 38.7 Å². The van der Waals surface area contributed by atoms with Crippen LogP contribution in [0.3, 0.4) is 0 Å². The molecule has 2 aromatic rings. The van der Waals surface area contributed by atoms with Gasteiger partial charge in [-0.15, -0.1) is 11.8 Å². The lowest BCUT2D eigenvalue weighted by Crippen LogP contribution is -2.42. The summed E-state index contributed by atoms with van der Waals surface area (Å²) in [6.07, 6.45) is -4.72. The van der Waals surface area contributed by atoms with E-state index in [1.807, 2.05) is 31.2 Å². The molecule has 162 valence electrons. The van der Waals surface area contributed by atoms with Crippen LogP contribution in [0.15, 0.2) is 58.3 Å². The van der Waals surface area contributed by atoms with Gasteiger partial charge in [0.2, 0.25) is 15.9 Å². The van der Waals surface area contributed by atoms with Gasteiger partial charge in [-0.3, -0.25) is 20.4 Å². The van der Waals surface area contributed by atoms with Crippen molar-refractivity contribution in [3.8, 4) is 0 Å². The first-order valence-electron chi connectivity index (χ1n) is 8.41. The molecule has 0 fully saturated rings. The summed E-state index contributed by atoms with van der Waals surface area (Å²) in [5.41, 5.74) is 5.25. The smallest absolute Gasteiger partial charge is 0.272 e. The Morgan fingerprint density at radius 3 is 2.33 bits per heavy atom. The molecule has 0 spiro atoms. The predicted octanol–water partition coefficient (Wildman–Crippen LogP) is 2.39. The van der Waals surface area contributed by atoms with E-state index in [4.69, 9.17) is 0 Å². The summed E-state index contributed by atoms with van der Waals surface area (Å²) in [7, 11) is -4.46. The van der Waals surface area contributed by atoms with E-state index in [2.05, 4.69) is 10.9 Å². The van der Waals surface area contributed by atoms with Crippen LogP contribution in [0.5, 0.6) is 0 Å². The van der Waals surface area contributed by atoms with Gasteiger partial charge in [-0.1, -0.05) is 23.8 Å². The molecule has 3 N–H and O–H groups in total. The fourth-order valence-electron chi connectivity index (χ4n) is 2.08. The molecule has 0 radical (unpaired) electrons. The molecule has 12 heteroatoms. The van der Waals surface area contributed by atoms with Crippen LogP contribution < -0.4 is 15.6 Å². The Kier molecular flexibility index (Phi) is 7.87. The van der Waals surface area contributed by atoms with E-state index in [1.54, 1.807) is 0 Å². The number of rotatable bonds is 7. The van der Waals surface area contributed by atoms with Gasteiger partial charge in [0.15, 0.2) is 0 Å². The molecule has 0 aliphatic heterocycles. The number of thioether (sulfide) groups is 1. The number of hydrazine groups is 1. The minimum Gasteiger partial charge on any atom is -0.272 e. The van der Waals surface area contributed by atoms with Crippen molar-refractivity contribution in [2.75, 3.05) is 12.3 Å². The maximum absolute atomic E-state index is 12.2. The number of carbonyl (C=O) groups is 2. The molecule has 0 saturated heterocycles. The number of hydrogen-bond donors (Lipinski definition) is 3. The zero-order chi connectivity index (χ0) is 22.4. The monoisotopic (exact) mass is 461 g/mol. The lowest BCUT2D eigenvalue weighted by molar-refractivity contribution is -0.121. The van der Waals surface area contributed by atoms with E-state index in [0.29, 0.717) is 0 Å². The Balaban J connectivity index is 1.91. The maximum Gasteiger partial charge on any atom is 0.402 e. The van der Waals surface area contributed by atoms with Crippen molar-refractivity contribution in [1.82, 2.24) is 15.6 Å². The highest BCUT2D eigenvalue weighted by atomic mass is 32.2. The SMILES string of the molecule is Cc1ccc(SCC(=O)NNC(=O)c2cccc(S(=O)(=O)NCC(F)(F)F)c2)cc1. The number of amides is 2. The van der Waals surface area contributed by atoms with Crippen LogP contribution in [0.4, 0.5) is 13.2 Å². The van der Waals surface area contributed by atoms with E-state index in [-0.39, 0.29) is 11.3 Å². The molecule has 2 amide bonds. The largest absolute Gasteiger partial charge is 0.402 e. The summed E-state index contributed by atoms with van der Waals surface area (Å²) in [6.45, 7) is 0.198. The molecule has 0 bridgehead atoms. The molecule has 0 saturated carbocycles. The molecule has 7 nitrogen and oxygen atoms in total. The fraction of sp³-hybridized carbons (Fsp3) is 0.222. The van der Waals surface area contributed by atoms with Crippen LogP contribution in [0, 0.1) is 6.92 Å². The zero-order valence-corrected chi connectivity index (χ0v) is 17.2. The number of carbonyl (C=O) groups excluding carboxylic acids is 2. The first-order chi connectivity index (χ1) is 14.0. The molecule has 30 heavy (non-hydrogen) atoms. The van der Waals surface area contributed by atoms with Crippen molar-refractivity contribution < 1.29 is 31.2 Å². The van der Waals surface area contributed by atoms with Crippen molar-refractivity contribution in [3.63, 3.8) is 0 Å². The Morgan fingerprint density at radius 2 is 1.70 bits per heavy atom. The average Bonchev–Trinajstić information content (AvgIpc) is 2.70. The lowest BCUT2D eigenvalue weighted by Gasteiger charge is -2.11. The van der Waals surface area contributed by atoms with E-state index in [9.17, 15) is 31.2 Å². The van der Waals surface area contributed by atoms with Gasteiger partial charge in [0.1, 0.15) is 6.54 Å². The van der Waals surface area contributed by atoms with Gasteiger partial charge in [-0.25, -0.2) is 13.1 Å². The molecule has 0 aliphatic rings. The van der Waals surface area contributed by atoms with E-state index >= 15 is 0 Å². The standard InChI is InChI=1S/C18H18F3N3O4S2/c1-12-5-7-14(8-6-12)29-10-16(25)23-24-17(26)13-3-2-4-15(9-13)30(27,28)22-11-18(19,20)21/h2-9,22H,10-11H2,1H3,(H,23,25)(H,24,26). The van der Waals surface area contributed by atoms with Crippen molar-refractivity contribution in [1.29, 1.82) is 0 Å². The van der Waals surface area contributed by atoms with Crippen LogP contribution >= 0.6 is 11.8 Å². The first-order valence-corrected chi connectivity index (χ1v) is 10.9. The van der Waals surface area contributed by atoms with Crippen LogP contribution in [0.1, 0.15) is 15.9 Å². The quantitative estimate of drug-likeness (QED) is 0.434. The molecule has 0 heterocycles. The van der Waals surface area contributed by atoms with Gasteiger partial charge in [-0.05, 0) is 37.3 Å². The van der Waals surface area contributed by atoms with Gasteiger partial charge in [0.25, 0.3) is 5.91 Å². The highest BCUT2D eigenvalue weighted by Gasteiger charge is 2.30. The average molecular weight is 461 g/mol. The number of alkyl halides is 3. The Labute approximate surface area is 175 Å². The number of sulfonamides is 1. The highest BCUT2D eigenvalue weighted by Crippen LogP contribution is 2.18. The summed E-state index contributed by atoms with van der Waals surface area (Å²) < 4.78 is 62.0. The third kappa shape index (κ3) is 7.69. The summed E-state index contributed by atoms with van der Waals surface area (Å²) in [6, 6.07) is 11.9. The van der Waals surface area contributed by atoms with Crippen LogP contribution in [-0.2, 0) is 14.8 Å². The second-order valence-corrected chi connectivity index (χ2v) is 8.89. The van der Waals surface area contributed by atoms with Crippen molar-refractivity contribution in [3.05, 3.63) is 59.7 Å². The van der Waals surface area contributed by atoms with E-state index < -0.39 is 39.5 Å². The van der Waals surface area contributed by atoms with Crippen LogP contribution in [0.25, 0.3) is 0 Å². The summed E-state index contributed by atoms with van der Waals surface area (Å²) in [5.74, 6) is -1.29. The second kappa shape index (κ2) is 9.96. The van der Waals surface area contributed by atoms with Crippen molar-refractivity contribution >= 4 is 33.6 Å². The molecule has 0 atom stereocenters. The number of halogens is 3. The topological polar surface area (TPSA) is 104 Å². The Morgan fingerprint density at radius 1 is 1.03 bits per heavy atom. The number of hydrogen-bond acceptors (Lipinski definition) is 5. The van der Waals surface area contributed by atoms with E-state index in [1.165, 1.54) is 28.6 Å². The van der Waals surface area contributed by atoms with Gasteiger partial charge in [-0.2, -0.15) is 13.2 Å². The van der Waals surface area contributed by atoms with Crippen molar-refractivity contribution in [2.24, 2.45) is 0 Å². The number of benzene rings is 2. The van der Waals surface area contributed by atoms with Gasteiger partial charge in [0, 0.05) is 10.5 Å². The van der Waals surface area contributed by atoms with Gasteiger partial charge in [0.05, 0.1) is 10.6 Å². The normalized spacial score (nSPS) is 11.7. The second-order valence-electron chi connectivity index (χ2n) is 6.07. The van der Waals surface area contributed by atoms with Gasteiger partial charge < -0.3 is 0 Å². The minimum atomic E-state index is -4.72. The molecule has 0 aromatic heterocycles. The van der Waals surface area contributed by atoms with Crippen LogP contribution in [0.2, 0.25) is 0 Å². The highest BCUT2D eigenvalue weighted by molar-refractivity contribution is 8.00. The Bertz CT molecular complexity index is 1010. The third-order valence-electron chi connectivity index (χ3n) is 3.58. The zero-order valence-electron chi connectivity index (χ0n) is 15.6. The number of nitrogens with one attached hydrogen (secondary N) is 3. The molecular formula is C18H18F3N3O4S2. The molecule has 2 aromatic carbocycles. The molecule has 0 unspecified atom stereocenters. The lowest BCUT2D eigenvalue weighted by atomic mass is 10.2. The minimum absolute atomic E-state index is 0.0269. The third-order valence-corrected chi connectivity index (χ3v) is 5.99. The first kappa shape index (κ1) is 23.7. The fourth-order valence-corrected chi connectivity index (χ4v) is 3.84. The summed E-state index contributed by atoms with van der Waals surface area (Å²) in [4.78, 5) is 24.3. The van der Waals surface area contributed by atoms with E-state index in [0.717, 1.165) is 22.6 Å². The maximum atomic E-state index is 12.2. The van der Waals surface area contributed by atoms with Crippen molar-refractivity contribution in [2.45, 2.75) is 22.9 Å². The summed E-state index contributed by atoms with van der Waals surface area (Å²) in [5, 5.41) is 0. The van der Waals surface area contributed by atoms with Gasteiger partial charge >= 0.3 is 6.18 Å². The Hall–Kier alpha value is -2.57. The number of aryl methyl sites for hydroxylation is 1. The molecule has 0 aliphatic carbocycles. The molecular weight excluding hydrogens is 443 g/mol. The molecule has 2 rings (SSSR count). The predicted molar refractivity (Wildman–Crippen MR) is 105 cm³/mol.